The summed E-state index contributed by atoms with van der Waals surface area (Å²) in [6, 6.07) is 9.51. The van der Waals surface area contributed by atoms with Gasteiger partial charge >= 0.3 is 6.18 Å². The molecule has 2 rings (SSSR count). The van der Waals surface area contributed by atoms with Crippen LogP contribution in [0.3, 0.4) is 0 Å². The number of benzene rings is 2. The molecular weight excluding hydrogens is 418 g/mol. The quantitative estimate of drug-likeness (QED) is 0.657. The summed E-state index contributed by atoms with van der Waals surface area (Å²) in [5, 5.41) is 2.43. The number of amides is 1. The minimum Gasteiger partial charge on any atom is -0.321 e. The number of anilines is 1. The topological polar surface area (TPSA) is 29.1 Å². The minimum absolute atomic E-state index is 0.126. The average Bonchev–Trinajstić information content (AvgIpc) is 2.41. The van der Waals surface area contributed by atoms with Crippen LogP contribution >= 0.6 is 34.2 Å². The number of halogens is 5. The molecule has 2 aromatic carbocycles. The van der Waals surface area contributed by atoms with Crippen LogP contribution in [0, 0.1) is 3.57 Å². The van der Waals surface area contributed by atoms with Gasteiger partial charge in [-0.3, -0.25) is 4.79 Å². The van der Waals surface area contributed by atoms with Crippen LogP contribution in [0.15, 0.2) is 42.5 Å². The second-order valence-electron chi connectivity index (χ2n) is 4.12. The van der Waals surface area contributed by atoms with Crippen molar-refractivity contribution in [2.75, 3.05) is 5.32 Å². The van der Waals surface area contributed by atoms with E-state index in [-0.39, 0.29) is 16.3 Å². The monoisotopic (exact) mass is 425 g/mol. The van der Waals surface area contributed by atoms with E-state index in [4.69, 9.17) is 11.6 Å². The van der Waals surface area contributed by atoms with E-state index in [9.17, 15) is 18.0 Å². The van der Waals surface area contributed by atoms with E-state index in [1.165, 1.54) is 30.3 Å². The third-order valence-electron chi connectivity index (χ3n) is 2.65. The van der Waals surface area contributed by atoms with Crippen LogP contribution in [0.1, 0.15) is 15.9 Å². The van der Waals surface area contributed by atoms with Gasteiger partial charge in [-0.1, -0.05) is 23.7 Å². The van der Waals surface area contributed by atoms with E-state index < -0.39 is 17.6 Å². The largest absolute Gasteiger partial charge is 0.418 e. The summed E-state index contributed by atoms with van der Waals surface area (Å²) in [5.74, 6) is -0.685. The second kappa shape index (κ2) is 6.23. The first-order chi connectivity index (χ1) is 9.79. The molecule has 1 amide bonds. The molecule has 0 spiro atoms. The molecule has 0 saturated heterocycles. The number of hydrogen-bond donors (Lipinski definition) is 1. The van der Waals surface area contributed by atoms with Crippen LogP contribution in [-0.4, -0.2) is 5.91 Å². The van der Waals surface area contributed by atoms with Crippen LogP contribution in [0.4, 0.5) is 18.9 Å². The van der Waals surface area contributed by atoms with Gasteiger partial charge in [-0.15, -0.1) is 0 Å². The predicted octanol–water partition coefficient (Wildman–Crippen LogP) is 5.22. The number of para-hydroxylation sites is 1. The lowest BCUT2D eigenvalue weighted by molar-refractivity contribution is -0.136. The fraction of sp³-hybridized carbons (Fsp3) is 0.0714. The standard InChI is InChI=1S/C14H8ClF3INO/c15-11-6-5-8(19)7-9(11)13(21)20-12-4-2-1-3-10(12)14(16,17)18/h1-7H,(H,20,21). The van der Waals surface area contributed by atoms with Gasteiger partial charge in [0.2, 0.25) is 0 Å². The Bertz CT molecular complexity index is 688. The summed E-state index contributed by atoms with van der Waals surface area (Å²) in [4.78, 5) is 12.1. The molecule has 0 heterocycles. The molecule has 0 aliphatic carbocycles. The Balaban J connectivity index is 2.35. The maximum atomic E-state index is 12.9. The highest BCUT2D eigenvalue weighted by Gasteiger charge is 2.33. The summed E-state index contributed by atoms with van der Waals surface area (Å²) in [6.07, 6.45) is -4.54. The van der Waals surface area contributed by atoms with Crippen LogP contribution in [0.2, 0.25) is 5.02 Å². The van der Waals surface area contributed by atoms with Gasteiger partial charge in [-0.25, -0.2) is 0 Å². The van der Waals surface area contributed by atoms with Crippen LogP contribution in [0.5, 0.6) is 0 Å². The number of rotatable bonds is 2. The second-order valence-corrected chi connectivity index (χ2v) is 5.77. The Hall–Kier alpha value is -1.28. The highest BCUT2D eigenvalue weighted by atomic mass is 127. The van der Waals surface area contributed by atoms with Gasteiger partial charge in [0.25, 0.3) is 5.91 Å². The van der Waals surface area contributed by atoms with Gasteiger partial charge in [-0.2, -0.15) is 13.2 Å². The van der Waals surface area contributed by atoms with Gasteiger partial charge in [0.05, 0.1) is 21.8 Å². The summed E-state index contributed by atoms with van der Waals surface area (Å²) in [7, 11) is 0. The highest BCUT2D eigenvalue weighted by molar-refractivity contribution is 14.1. The number of alkyl halides is 3. The number of carbonyl (C=O) groups excluding carboxylic acids is 1. The molecule has 0 unspecified atom stereocenters. The van der Waals surface area contributed by atoms with Crippen molar-refractivity contribution < 1.29 is 18.0 Å². The predicted molar refractivity (Wildman–Crippen MR) is 83.6 cm³/mol. The van der Waals surface area contributed by atoms with Crippen molar-refractivity contribution in [1.82, 2.24) is 0 Å². The van der Waals surface area contributed by atoms with Gasteiger partial charge in [0.15, 0.2) is 0 Å². The molecule has 0 radical (unpaired) electrons. The van der Waals surface area contributed by atoms with E-state index in [1.807, 2.05) is 22.6 Å². The third-order valence-corrected chi connectivity index (χ3v) is 3.65. The zero-order chi connectivity index (χ0) is 15.6. The average molecular weight is 426 g/mol. The molecule has 0 aliphatic heterocycles. The molecule has 7 heteroatoms. The Morgan fingerprint density at radius 1 is 1.14 bits per heavy atom. The van der Waals surface area contributed by atoms with Gasteiger partial charge in [0.1, 0.15) is 0 Å². The third kappa shape index (κ3) is 3.88. The molecule has 2 nitrogen and oxygen atoms in total. The Kier molecular flexibility index (Phi) is 4.77. The van der Waals surface area contributed by atoms with E-state index in [1.54, 1.807) is 6.07 Å². The smallest absolute Gasteiger partial charge is 0.321 e. The van der Waals surface area contributed by atoms with Gasteiger partial charge < -0.3 is 5.32 Å². The van der Waals surface area contributed by atoms with E-state index >= 15 is 0 Å². The first-order valence-corrected chi connectivity index (χ1v) is 7.17. The zero-order valence-electron chi connectivity index (χ0n) is 10.3. The summed E-state index contributed by atoms with van der Waals surface area (Å²) >= 11 is 7.89. The molecule has 2 aromatic rings. The lowest BCUT2D eigenvalue weighted by Gasteiger charge is -2.14. The molecule has 21 heavy (non-hydrogen) atoms. The minimum atomic E-state index is -4.54. The summed E-state index contributed by atoms with van der Waals surface area (Å²) in [5.41, 5.74) is -1.08. The zero-order valence-corrected chi connectivity index (χ0v) is 13.3. The molecule has 0 aliphatic rings. The molecule has 0 fully saturated rings. The Labute approximate surface area is 137 Å². The van der Waals surface area contributed by atoms with Crippen LogP contribution in [-0.2, 0) is 6.18 Å². The van der Waals surface area contributed by atoms with Gasteiger partial charge in [0, 0.05) is 3.57 Å². The lowest BCUT2D eigenvalue weighted by atomic mass is 10.1. The molecular formula is C14H8ClF3INO. The SMILES string of the molecule is O=C(Nc1ccccc1C(F)(F)F)c1cc(I)ccc1Cl. The van der Waals surface area contributed by atoms with Gasteiger partial charge in [-0.05, 0) is 52.9 Å². The molecule has 1 N–H and O–H groups in total. The normalized spacial score (nSPS) is 11.3. The summed E-state index contributed by atoms with van der Waals surface area (Å²) in [6.45, 7) is 0. The van der Waals surface area contributed by atoms with Crippen LogP contribution in [0.25, 0.3) is 0 Å². The maximum absolute atomic E-state index is 12.9. The fourth-order valence-corrected chi connectivity index (χ4v) is 2.40. The highest BCUT2D eigenvalue weighted by Crippen LogP contribution is 2.35. The van der Waals surface area contributed by atoms with Crippen molar-refractivity contribution in [2.45, 2.75) is 6.18 Å². The lowest BCUT2D eigenvalue weighted by Crippen LogP contribution is -2.17. The first-order valence-electron chi connectivity index (χ1n) is 5.71. The van der Waals surface area contributed by atoms with E-state index in [0.717, 1.165) is 9.64 Å². The molecule has 0 atom stereocenters. The summed E-state index contributed by atoms with van der Waals surface area (Å²) < 4.78 is 39.4. The van der Waals surface area contributed by atoms with Crippen LogP contribution < -0.4 is 5.32 Å². The van der Waals surface area contributed by atoms with E-state index in [0.29, 0.717) is 0 Å². The Morgan fingerprint density at radius 3 is 2.48 bits per heavy atom. The van der Waals surface area contributed by atoms with Crippen molar-refractivity contribution >= 4 is 45.8 Å². The fourth-order valence-electron chi connectivity index (χ4n) is 1.70. The van der Waals surface area contributed by atoms with Crippen molar-refractivity contribution in [3.8, 4) is 0 Å². The van der Waals surface area contributed by atoms with Crippen molar-refractivity contribution in [1.29, 1.82) is 0 Å². The van der Waals surface area contributed by atoms with Crippen molar-refractivity contribution in [3.05, 3.63) is 62.2 Å². The van der Waals surface area contributed by atoms with Crippen molar-refractivity contribution in [3.63, 3.8) is 0 Å². The molecule has 0 saturated carbocycles. The Morgan fingerprint density at radius 2 is 1.81 bits per heavy atom. The van der Waals surface area contributed by atoms with E-state index in [2.05, 4.69) is 5.32 Å². The molecule has 0 aromatic heterocycles. The molecule has 0 bridgehead atoms. The number of nitrogens with one attached hydrogen (secondary N) is 1. The number of carbonyl (C=O) groups is 1. The van der Waals surface area contributed by atoms with Crippen molar-refractivity contribution in [2.24, 2.45) is 0 Å². The number of hydrogen-bond acceptors (Lipinski definition) is 1. The molecule has 110 valence electrons. The maximum Gasteiger partial charge on any atom is 0.418 e. The first kappa shape index (κ1) is 16.1.